The minimum atomic E-state index is -0.346. The number of hydrazone groups is 1. The maximum atomic E-state index is 11.9. The Kier molecular flexibility index (Phi) is 5.10. The lowest BCUT2D eigenvalue weighted by Crippen LogP contribution is -2.24. The van der Waals surface area contributed by atoms with Crippen LogP contribution in [0.4, 0.5) is 0 Å². The Balaban J connectivity index is 1.54. The molecule has 3 rings (SSSR count). The summed E-state index contributed by atoms with van der Waals surface area (Å²) in [5.74, 6) is 0.879. The van der Waals surface area contributed by atoms with Gasteiger partial charge in [0, 0.05) is 5.56 Å². The van der Waals surface area contributed by atoms with Gasteiger partial charge in [0.1, 0.15) is 12.3 Å². The minimum absolute atomic E-state index is 0.0697. The highest BCUT2D eigenvalue weighted by atomic mass is 16.5. The van der Waals surface area contributed by atoms with E-state index < -0.39 is 0 Å². The van der Waals surface area contributed by atoms with Crippen LogP contribution in [0.25, 0.3) is 11.4 Å². The number of carbonyl (C=O) groups excluding carboxylic acids is 1. The quantitative estimate of drug-likeness (QED) is 0.544. The van der Waals surface area contributed by atoms with E-state index in [1.54, 1.807) is 13.3 Å². The standard InChI is InChI=1S/C17H16N6O2/c1-25-15-9-7-13(8-10-15)11-18-19-16(24)12-23-21-17(20-22-23)14-5-3-2-4-6-14/h2-11H,12H2,1H3,(H,19,24). The zero-order valence-corrected chi connectivity index (χ0v) is 13.5. The molecule has 0 spiro atoms. The lowest BCUT2D eigenvalue weighted by atomic mass is 10.2. The van der Waals surface area contributed by atoms with Crippen molar-refractivity contribution in [3.05, 3.63) is 60.2 Å². The monoisotopic (exact) mass is 336 g/mol. The van der Waals surface area contributed by atoms with Gasteiger partial charge >= 0.3 is 0 Å². The molecule has 1 N–H and O–H groups in total. The fraction of sp³-hybridized carbons (Fsp3) is 0.118. The largest absolute Gasteiger partial charge is 0.497 e. The number of hydrogen-bond acceptors (Lipinski definition) is 6. The van der Waals surface area contributed by atoms with E-state index in [-0.39, 0.29) is 12.5 Å². The molecule has 0 aliphatic heterocycles. The van der Waals surface area contributed by atoms with Crippen molar-refractivity contribution in [1.29, 1.82) is 0 Å². The number of tetrazole rings is 1. The van der Waals surface area contributed by atoms with Crippen LogP contribution < -0.4 is 10.2 Å². The van der Waals surface area contributed by atoms with Gasteiger partial charge in [-0.15, -0.1) is 10.2 Å². The number of ether oxygens (including phenoxy) is 1. The summed E-state index contributed by atoms with van der Waals surface area (Å²) in [5.41, 5.74) is 4.11. The molecule has 0 atom stereocenters. The van der Waals surface area contributed by atoms with Gasteiger partial charge in [-0.25, -0.2) is 5.43 Å². The second-order valence-corrected chi connectivity index (χ2v) is 5.08. The zero-order valence-electron chi connectivity index (χ0n) is 13.5. The maximum Gasteiger partial charge on any atom is 0.263 e. The molecule has 3 aromatic rings. The molecule has 0 aliphatic rings. The van der Waals surface area contributed by atoms with E-state index in [0.717, 1.165) is 16.9 Å². The molecule has 0 saturated carbocycles. The Hall–Kier alpha value is -3.55. The lowest BCUT2D eigenvalue weighted by Gasteiger charge is -2.00. The van der Waals surface area contributed by atoms with Crippen LogP contribution in [0, 0.1) is 0 Å². The number of aromatic nitrogens is 4. The van der Waals surface area contributed by atoms with Gasteiger partial charge in [0.15, 0.2) is 0 Å². The SMILES string of the molecule is COc1ccc(C=NNC(=O)Cn2nnc(-c3ccccc3)n2)cc1. The van der Waals surface area contributed by atoms with Gasteiger partial charge < -0.3 is 4.74 Å². The molecule has 0 radical (unpaired) electrons. The number of amides is 1. The fourth-order valence-corrected chi connectivity index (χ4v) is 2.05. The topological polar surface area (TPSA) is 94.3 Å². The smallest absolute Gasteiger partial charge is 0.263 e. The van der Waals surface area contributed by atoms with Crippen LogP contribution in [0.2, 0.25) is 0 Å². The minimum Gasteiger partial charge on any atom is -0.497 e. The van der Waals surface area contributed by atoms with E-state index in [1.165, 1.54) is 4.80 Å². The van der Waals surface area contributed by atoms with E-state index >= 15 is 0 Å². The molecule has 2 aromatic carbocycles. The first-order chi connectivity index (χ1) is 12.2. The molecule has 0 fully saturated rings. The van der Waals surface area contributed by atoms with Crippen LogP contribution in [-0.4, -0.2) is 39.4 Å². The van der Waals surface area contributed by atoms with Crippen LogP contribution >= 0.6 is 0 Å². The van der Waals surface area contributed by atoms with Gasteiger partial charge in [0.2, 0.25) is 5.82 Å². The third-order valence-electron chi connectivity index (χ3n) is 3.29. The maximum absolute atomic E-state index is 11.9. The number of nitrogens with one attached hydrogen (secondary N) is 1. The summed E-state index contributed by atoms with van der Waals surface area (Å²) in [6.45, 7) is -0.0697. The first-order valence-corrected chi connectivity index (χ1v) is 7.54. The molecule has 1 heterocycles. The van der Waals surface area contributed by atoms with Gasteiger partial charge in [-0.2, -0.15) is 9.90 Å². The summed E-state index contributed by atoms with van der Waals surface area (Å²) >= 11 is 0. The van der Waals surface area contributed by atoms with E-state index in [4.69, 9.17) is 4.74 Å². The van der Waals surface area contributed by atoms with Crippen LogP contribution in [0.15, 0.2) is 59.7 Å². The zero-order chi connectivity index (χ0) is 17.5. The van der Waals surface area contributed by atoms with Gasteiger partial charge in [-0.05, 0) is 35.0 Å². The normalized spacial score (nSPS) is 10.8. The average Bonchev–Trinajstić information content (AvgIpc) is 3.11. The molecule has 0 saturated heterocycles. The number of carbonyl (C=O) groups is 1. The summed E-state index contributed by atoms with van der Waals surface area (Å²) in [6, 6.07) is 16.7. The van der Waals surface area contributed by atoms with Crippen LogP contribution in [0.3, 0.4) is 0 Å². The fourth-order valence-electron chi connectivity index (χ4n) is 2.05. The molecule has 0 bridgehead atoms. The molecule has 1 amide bonds. The van der Waals surface area contributed by atoms with Crippen LogP contribution in [0.1, 0.15) is 5.56 Å². The predicted molar refractivity (Wildman–Crippen MR) is 92.0 cm³/mol. The van der Waals surface area contributed by atoms with Gasteiger partial charge in [-0.3, -0.25) is 4.79 Å². The van der Waals surface area contributed by atoms with Crippen LogP contribution in [-0.2, 0) is 11.3 Å². The van der Waals surface area contributed by atoms with Crippen LogP contribution in [0.5, 0.6) is 5.75 Å². The summed E-state index contributed by atoms with van der Waals surface area (Å²) in [6.07, 6.45) is 1.54. The number of hydrogen-bond donors (Lipinski definition) is 1. The molecule has 8 heteroatoms. The van der Waals surface area contributed by atoms with Crippen molar-refractivity contribution in [1.82, 2.24) is 25.6 Å². The number of methoxy groups -OCH3 is 1. The molecule has 0 aliphatic carbocycles. The highest BCUT2D eigenvalue weighted by molar-refractivity contribution is 5.82. The summed E-state index contributed by atoms with van der Waals surface area (Å²) in [5, 5.41) is 15.9. The molecular weight excluding hydrogens is 320 g/mol. The first kappa shape index (κ1) is 16.3. The van der Waals surface area contributed by atoms with E-state index in [0.29, 0.717) is 5.82 Å². The van der Waals surface area contributed by atoms with Gasteiger partial charge in [0.05, 0.1) is 13.3 Å². The van der Waals surface area contributed by atoms with Crippen molar-refractivity contribution in [2.45, 2.75) is 6.54 Å². The highest BCUT2D eigenvalue weighted by Gasteiger charge is 2.08. The molecule has 1 aromatic heterocycles. The van der Waals surface area contributed by atoms with Crippen molar-refractivity contribution in [2.75, 3.05) is 7.11 Å². The Morgan fingerprint density at radius 2 is 1.96 bits per heavy atom. The predicted octanol–water partition coefficient (Wildman–Crippen LogP) is 1.50. The van der Waals surface area contributed by atoms with E-state index in [1.807, 2.05) is 54.6 Å². The second kappa shape index (κ2) is 7.82. The van der Waals surface area contributed by atoms with Gasteiger partial charge in [0.25, 0.3) is 5.91 Å². The first-order valence-electron chi connectivity index (χ1n) is 7.54. The summed E-state index contributed by atoms with van der Waals surface area (Å²) in [7, 11) is 1.60. The lowest BCUT2D eigenvalue weighted by molar-refractivity contribution is -0.122. The Labute approximate surface area is 144 Å². The van der Waals surface area contributed by atoms with E-state index in [2.05, 4.69) is 25.9 Å². The highest BCUT2D eigenvalue weighted by Crippen LogP contribution is 2.11. The number of benzene rings is 2. The molecule has 0 unspecified atom stereocenters. The Morgan fingerprint density at radius 3 is 2.68 bits per heavy atom. The van der Waals surface area contributed by atoms with Crippen molar-refractivity contribution in [3.8, 4) is 17.1 Å². The molecule has 25 heavy (non-hydrogen) atoms. The van der Waals surface area contributed by atoms with Crippen molar-refractivity contribution in [2.24, 2.45) is 5.10 Å². The van der Waals surface area contributed by atoms with E-state index in [9.17, 15) is 4.79 Å². The van der Waals surface area contributed by atoms with Crippen molar-refractivity contribution in [3.63, 3.8) is 0 Å². The Bertz CT molecular complexity index is 858. The number of rotatable bonds is 6. The molecular formula is C17H16N6O2. The van der Waals surface area contributed by atoms with Crippen molar-refractivity contribution >= 4 is 12.1 Å². The summed E-state index contributed by atoms with van der Waals surface area (Å²) in [4.78, 5) is 13.1. The Morgan fingerprint density at radius 1 is 1.20 bits per heavy atom. The average molecular weight is 336 g/mol. The molecule has 8 nitrogen and oxygen atoms in total. The summed E-state index contributed by atoms with van der Waals surface area (Å²) < 4.78 is 5.08. The molecule has 126 valence electrons. The number of nitrogens with zero attached hydrogens (tertiary/aromatic N) is 5. The van der Waals surface area contributed by atoms with Crippen molar-refractivity contribution < 1.29 is 9.53 Å². The second-order valence-electron chi connectivity index (χ2n) is 5.08. The third-order valence-corrected chi connectivity index (χ3v) is 3.29. The van der Waals surface area contributed by atoms with Gasteiger partial charge in [-0.1, -0.05) is 30.3 Å². The third kappa shape index (κ3) is 4.47.